The lowest BCUT2D eigenvalue weighted by Crippen LogP contribution is -2.39. The Hall–Kier alpha value is -3.35. The molecule has 1 aliphatic heterocycles. The van der Waals surface area contributed by atoms with Gasteiger partial charge in [-0.15, -0.1) is 0 Å². The van der Waals surface area contributed by atoms with Gasteiger partial charge in [0.2, 0.25) is 0 Å². The van der Waals surface area contributed by atoms with E-state index in [1.165, 1.54) is 0 Å². The van der Waals surface area contributed by atoms with Gasteiger partial charge in [-0.05, 0) is 47.4 Å². The van der Waals surface area contributed by atoms with Gasteiger partial charge in [-0.25, -0.2) is 0 Å². The third kappa shape index (κ3) is 3.31. The van der Waals surface area contributed by atoms with Crippen molar-refractivity contribution in [1.82, 2.24) is 0 Å². The molecule has 3 aromatic carbocycles. The van der Waals surface area contributed by atoms with E-state index >= 15 is 0 Å². The molecule has 4 heteroatoms. The third-order valence-electron chi connectivity index (χ3n) is 4.97. The second kappa shape index (κ2) is 7.72. The van der Waals surface area contributed by atoms with Gasteiger partial charge in [0.05, 0.1) is 6.04 Å². The van der Waals surface area contributed by atoms with Crippen molar-refractivity contribution in [1.29, 1.82) is 5.26 Å². The molecule has 3 nitrogen and oxygen atoms in total. The number of carbonyl (C=O) groups excluding carboxylic acids is 1. The molecule has 1 aliphatic rings. The second-order valence-electron chi connectivity index (χ2n) is 6.61. The minimum atomic E-state index is -0.288. The Kier molecular flexibility index (Phi) is 4.97. The number of benzene rings is 3. The van der Waals surface area contributed by atoms with Crippen molar-refractivity contribution in [2.45, 2.75) is 12.5 Å². The number of hydrogen-bond donors (Lipinski definition) is 0. The highest BCUT2D eigenvalue weighted by atomic mass is 35.5. The standard InChI is InChI=1S/C24H17ClN2O/c25-19-11-13-20(14-12-19)27-23(18-9-5-2-6-10-18)15-21(22(16-26)24(27)28)17-7-3-1-4-8-17/h1-14,23H,15H2. The lowest BCUT2D eigenvalue weighted by Gasteiger charge is -2.37. The van der Waals surface area contributed by atoms with Crippen LogP contribution in [0.4, 0.5) is 5.69 Å². The minimum Gasteiger partial charge on any atom is -0.300 e. The van der Waals surface area contributed by atoms with Crippen molar-refractivity contribution in [3.05, 3.63) is 107 Å². The van der Waals surface area contributed by atoms with E-state index in [-0.39, 0.29) is 17.5 Å². The molecular weight excluding hydrogens is 368 g/mol. The van der Waals surface area contributed by atoms with Crippen LogP contribution in [-0.2, 0) is 4.79 Å². The zero-order valence-electron chi connectivity index (χ0n) is 15.0. The van der Waals surface area contributed by atoms with E-state index in [0.29, 0.717) is 11.4 Å². The Morgan fingerprint density at radius 1 is 0.893 bits per heavy atom. The first-order valence-corrected chi connectivity index (χ1v) is 9.39. The molecule has 1 unspecified atom stereocenters. The molecule has 0 spiro atoms. The van der Waals surface area contributed by atoms with E-state index in [1.807, 2.05) is 72.8 Å². The largest absolute Gasteiger partial charge is 0.300 e. The smallest absolute Gasteiger partial charge is 0.269 e. The molecule has 0 fully saturated rings. The van der Waals surface area contributed by atoms with Crippen LogP contribution in [0.3, 0.4) is 0 Å². The van der Waals surface area contributed by atoms with E-state index in [1.54, 1.807) is 17.0 Å². The molecule has 0 aliphatic carbocycles. The topological polar surface area (TPSA) is 44.1 Å². The lowest BCUT2D eigenvalue weighted by molar-refractivity contribution is -0.115. The fourth-order valence-corrected chi connectivity index (χ4v) is 3.76. The molecular formula is C24H17ClN2O. The van der Waals surface area contributed by atoms with Gasteiger partial charge in [0.25, 0.3) is 5.91 Å². The van der Waals surface area contributed by atoms with E-state index in [4.69, 9.17) is 11.6 Å². The quantitative estimate of drug-likeness (QED) is 0.573. The summed E-state index contributed by atoms with van der Waals surface area (Å²) in [5.41, 5.74) is 3.63. The number of carbonyl (C=O) groups is 1. The second-order valence-corrected chi connectivity index (χ2v) is 7.05. The number of amides is 1. The van der Waals surface area contributed by atoms with Crippen molar-refractivity contribution in [3.8, 4) is 6.07 Å². The first-order valence-electron chi connectivity index (χ1n) is 9.02. The van der Waals surface area contributed by atoms with Crippen LogP contribution in [0.15, 0.2) is 90.5 Å². The molecule has 1 amide bonds. The summed E-state index contributed by atoms with van der Waals surface area (Å²) in [6.45, 7) is 0. The zero-order chi connectivity index (χ0) is 19.5. The van der Waals surface area contributed by atoms with E-state index in [9.17, 15) is 10.1 Å². The van der Waals surface area contributed by atoms with Crippen LogP contribution in [0.1, 0.15) is 23.6 Å². The monoisotopic (exact) mass is 384 g/mol. The van der Waals surface area contributed by atoms with Crippen molar-refractivity contribution in [2.75, 3.05) is 4.90 Å². The van der Waals surface area contributed by atoms with Crippen LogP contribution < -0.4 is 4.90 Å². The van der Waals surface area contributed by atoms with Gasteiger partial charge >= 0.3 is 0 Å². The van der Waals surface area contributed by atoms with Crippen molar-refractivity contribution < 1.29 is 4.79 Å². The summed E-state index contributed by atoms with van der Waals surface area (Å²) in [6.07, 6.45) is 0.561. The van der Waals surface area contributed by atoms with E-state index < -0.39 is 0 Å². The molecule has 136 valence electrons. The molecule has 0 radical (unpaired) electrons. The average molecular weight is 385 g/mol. The number of nitrogens with zero attached hydrogens (tertiary/aromatic N) is 2. The van der Waals surface area contributed by atoms with Gasteiger partial charge < -0.3 is 0 Å². The Labute approximate surface area is 169 Å². The van der Waals surface area contributed by atoms with Crippen LogP contribution >= 0.6 is 11.6 Å². The normalized spacial score (nSPS) is 16.8. The van der Waals surface area contributed by atoms with Gasteiger partial charge in [0.15, 0.2) is 0 Å². The Morgan fingerprint density at radius 2 is 1.50 bits per heavy atom. The lowest BCUT2D eigenvalue weighted by atomic mass is 9.85. The number of nitriles is 1. The molecule has 0 aromatic heterocycles. The van der Waals surface area contributed by atoms with Gasteiger partial charge in [0, 0.05) is 10.7 Å². The molecule has 1 atom stereocenters. The molecule has 4 rings (SSSR count). The van der Waals surface area contributed by atoms with E-state index in [2.05, 4.69) is 6.07 Å². The molecule has 0 saturated heterocycles. The van der Waals surface area contributed by atoms with Crippen molar-refractivity contribution in [3.63, 3.8) is 0 Å². The maximum atomic E-state index is 13.4. The Morgan fingerprint density at radius 3 is 2.11 bits per heavy atom. The predicted octanol–water partition coefficient (Wildman–Crippen LogP) is 5.80. The molecule has 0 N–H and O–H groups in total. The van der Waals surface area contributed by atoms with Crippen molar-refractivity contribution >= 4 is 28.8 Å². The summed E-state index contributed by atoms with van der Waals surface area (Å²) in [5, 5.41) is 10.4. The Bertz CT molecular complexity index is 1070. The molecule has 0 saturated carbocycles. The summed E-state index contributed by atoms with van der Waals surface area (Å²) < 4.78 is 0. The summed E-state index contributed by atoms with van der Waals surface area (Å²) in [6, 6.07) is 28.7. The summed E-state index contributed by atoms with van der Waals surface area (Å²) >= 11 is 6.03. The molecule has 3 aromatic rings. The molecule has 28 heavy (non-hydrogen) atoms. The minimum absolute atomic E-state index is 0.188. The van der Waals surface area contributed by atoms with Gasteiger partial charge in [-0.2, -0.15) is 5.26 Å². The van der Waals surface area contributed by atoms with Crippen LogP contribution in [0.25, 0.3) is 5.57 Å². The molecule has 0 bridgehead atoms. The number of rotatable bonds is 3. The number of hydrogen-bond acceptors (Lipinski definition) is 2. The SMILES string of the molecule is N#CC1=C(c2ccccc2)CC(c2ccccc2)N(c2ccc(Cl)cc2)C1=O. The highest BCUT2D eigenvalue weighted by molar-refractivity contribution is 6.30. The van der Waals surface area contributed by atoms with E-state index in [0.717, 1.165) is 22.4 Å². The third-order valence-corrected chi connectivity index (χ3v) is 5.22. The van der Waals surface area contributed by atoms with Crippen molar-refractivity contribution in [2.24, 2.45) is 0 Å². The number of anilines is 1. The first-order chi connectivity index (χ1) is 13.7. The summed E-state index contributed by atoms with van der Waals surface area (Å²) in [4.78, 5) is 15.1. The zero-order valence-corrected chi connectivity index (χ0v) is 15.8. The fourth-order valence-electron chi connectivity index (χ4n) is 3.64. The van der Waals surface area contributed by atoms with Gasteiger partial charge in [0.1, 0.15) is 11.6 Å². The van der Waals surface area contributed by atoms with Crippen LogP contribution in [0.2, 0.25) is 5.02 Å². The highest BCUT2D eigenvalue weighted by Gasteiger charge is 2.36. The number of halogens is 1. The summed E-state index contributed by atoms with van der Waals surface area (Å²) in [7, 11) is 0. The fraction of sp³-hybridized carbons (Fsp3) is 0.0833. The maximum absolute atomic E-state index is 13.4. The van der Waals surface area contributed by atoms with Gasteiger partial charge in [-0.1, -0.05) is 72.3 Å². The maximum Gasteiger partial charge on any atom is 0.269 e. The Balaban J connectivity index is 1.89. The van der Waals surface area contributed by atoms with Crippen LogP contribution in [0.5, 0.6) is 0 Å². The first kappa shape index (κ1) is 18.0. The average Bonchev–Trinajstić information content (AvgIpc) is 2.75. The van der Waals surface area contributed by atoms with Crippen LogP contribution in [0, 0.1) is 11.3 Å². The predicted molar refractivity (Wildman–Crippen MR) is 112 cm³/mol. The summed E-state index contributed by atoms with van der Waals surface area (Å²) in [5.74, 6) is -0.288. The van der Waals surface area contributed by atoms with Gasteiger partial charge in [-0.3, -0.25) is 9.69 Å². The molecule has 1 heterocycles. The highest BCUT2D eigenvalue weighted by Crippen LogP contribution is 2.41. The van der Waals surface area contributed by atoms with Crippen LogP contribution in [-0.4, -0.2) is 5.91 Å².